The molecule has 144 valence electrons. The van der Waals surface area contributed by atoms with Gasteiger partial charge < -0.3 is 4.42 Å². The molecule has 0 saturated heterocycles. The third-order valence-electron chi connectivity index (χ3n) is 3.63. The number of halogens is 3. The Labute approximate surface area is 153 Å². The molecule has 3 aromatic rings. The van der Waals surface area contributed by atoms with Crippen LogP contribution in [0.1, 0.15) is 12.5 Å². The fourth-order valence-electron chi connectivity index (χ4n) is 2.50. The van der Waals surface area contributed by atoms with E-state index in [2.05, 4.69) is 9.97 Å². The molecule has 2 aromatic heterocycles. The van der Waals surface area contributed by atoms with Gasteiger partial charge in [0.1, 0.15) is 16.1 Å². The number of fused-ring (bicyclic) bond motifs is 1. The summed E-state index contributed by atoms with van der Waals surface area (Å²) in [7, 11) is -7.74. The normalized spacial score (nSPS) is 13.8. The number of hydrogen-bond acceptors (Lipinski definition) is 6. The van der Waals surface area contributed by atoms with Crippen LogP contribution in [0.15, 0.2) is 44.7 Å². The van der Waals surface area contributed by atoms with Crippen molar-refractivity contribution in [1.82, 2.24) is 9.97 Å². The summed E-state index contributed by atoms with van der Waals surface area (Å²) in [6.07, 6.45) is 1.30. The van der Waals surface area contributed by atoms with E-state index >= 15 is 0 Å². The minimum atomic E-state index is -4.92. The molecule has 2 heterocycles. The number of aromatic nitrogens is 2. The maximum atomic E-state index is 12.6. The topological polar surface area (TPSA) is 110 Å². The van der Waals surface area contributed by atoms with Crippen LogP contribution in [0.2, 0.25) is 0 Å². The third kappa shape index (κ3) is 3.73. The lowest BCUT2D eigenvalue weighted by Crippen LogP contribution is -2.16. The molecule has 0 aliphatic carbocycles. The van der Waals surface area contributed by atoms with Crippen molar-refractivity contribution in [2.24, 2.45) is 0 Å². The van der Waals surface area contributed by atoms with Gasteiger partial charge in [-0.1, -0.05) is 6.92 Å². The molecule has 27 heavy (non-hydrogen) atoms. The summed E-state index contributed by atoms with van der Waals surface area (Å²) in [5.41, 5.74) is -4.63. The molecule has 0 amide bonds. The van der Waals surface area contributed by atoms with Gasteiger partial charge in [0.2, 0.25) is 5.89 Å². The molecular formula is C15H11F3N2O5S2. The van der Waals surface area contributed by atoms with Crippen molar-refractivity contribution in [2.75, 3.05) is 0 Å². The number of hydrogen-bond donors (Lipinski definition) is 1. The van der Waals surface area contributed by atoms with Gasteiger partial charge in [-0.05, 0) is 30.7 Å². The summed E-state index contributed by atoms with van der Waals surface area (Å²) in [5, 5.41) is 0. The number of pyridine rings is 1. The highest BCUT2D eigenvalue weighted by atomic mass is 32.2. The van der Waals surface area contributed by atoms with E-state index in [1.807, 2.05) is 0 Å². The summed E-state index contributed by atoms with van der Waals surface area (Å²) in [6, 6.07) is 4.28. The molecule has 3 rings (SSSR count). The van der Waals surface area contributed by atoms with E-state index in [0.29, 0.717) is 0 Å². The second kappa shape index (κ2) is 6.69. The Morgan fingerprint density at radius 1 is 1.26 bits per heavy atom. The lowest BCUT2D eigenvalue weighted by molar-refractivity contribution is -0.0384. The van der Waals surface area contributed by atoms with Gasteiger partial charge in [0, 0.05) is 11.8 Å². The van der Waals surface area contributed by atoms with Crippen LogP contribution < -0.4 is 0 Å². The second-order valence-electron chi connectivity index (χ2n) is 5.33. The SMILES string of the molecule is CCc1c(S(=O)(=O)O)ccnc1-c1nc2cc(S(=O)C(F)(F)F)ccc2o1. The Morgan fingerprint density at radius 3 is 2.56 bits per heavy atom. The molecule has 1 atom stereocenters. The van der Waals surface area contributed by atoms with E-state index in [0.717, 1.165) is 24.4 Å². The summed E-state index contributed by atoms with van der Waals surface area (Å²) in [5.74, 6) is -0.137. The van der Waals surface area contributed by atoms with Crippen molar-refractivity contribution in [1.29, 1.82) is 0 Å². The first-order valence-corrected chi connectivity index (χ1v) is 9.96. The summed E-state index contributed by atoms with van der Waals surface area (Å²) in [4.78, 5) is 7.19. The molecule has 0 saturated carbocycles. The lowest BCUT2D eigenvalue weighted by atomic mass is 10.1. The van der Waals surface area contributed by atoms with Crippen LogP contribution in [0.4, 0.5) is 13.2 Å². The summed E-state index contributed by atoms with van der Waals surface area (Å²) in [6.45, 7) is 1.63. The second-order valence-corrected chi connectivity index (χ2v) is 8.19. The summed E-state index contributed by atoms with van der Waals surface area (Å²) < 4.78 is 87.2. The van der Waals surface area contributed by atoms with Crippen LogP contribution in [0.5, 0.6) is 0 Å². The fourth-order valence-corrected chi connectivity index (χ4v) is 3.96. The smallest absolute Gasteiger partial charge is 0.435 e. The van der Waals surface area contributed by atoms with E-state index in [9.17, 15) is 30.4 Å². The minimum absolute atomic E-state index is 0.00112. The number of rotatable bonds is 4. The largest absolute Gasteiger partial charge is 0.475 e. The molecule has 1 N–H and O–H groups in total. The van der Waals surface area contributed by atoms with Crippen LogP contribution in [0, 0.1) is 0 Å². The zero-order chi connectivity index (χ0) is 20.0. The average Bonchev–Trinajstić information content (AvgIpc) is 3.01. The van der Waals surface area contributed by atoms with Gasteiger partial charge in [0.25, 0.3) is 10.1 Å². The van der Waals surface area contributed by atoms with Crippen LogP contribution in [0.25, 0.3) is 22.7 Å². The van der Waals surface area contributed by atoms with Crippen LogP contribution in [0.3, 0.4) is 0 Å². The van der Waals surface area contributed by atoms with Crippen LogP contribution in [-0.2, 0) is 27.3 Å². The van der Waals surface area contributed by atoms with Gasteiger partial charge >= 0.3 is 5.51 Å². The van der Waals surface area contributed by atoms with Gasteiger partial charge in [-0.2, -0.15) is 21.6 Å². The van der Waals surface area contributed by atoms with Crippen molar-refractivity contribution in [3.05, 3.63) is 36.0 Å². The highest BCUT2D eigenvalue weighted by molar-refractivity contribution is 7.86. The van der Waals surface area contributed by atoms with E-state index in [-0.39, 0.29) is 39.6 Å². The molecular weight excluding hydrogens is 409 g/mol. The minimum Gasteiger partial charge on any atom is -0.435 e. The molecule has 0 aliphatic rings. The van der Waals surface area contributed by atoms with Gasteiger partial charge in [0.15, 0.2) is 16.4 Å². The first-order valence-electron chi connectivity index (χ1n) is 7.37. The molecule has 1 unspecified atom stereocenters. The molecule has 0 aliphatic heterocycles. The van der Waals surface area contributed by atoms with Gasteiger partial charge in [-0.25, -0.2) is 9.19 Å². The monoisotopic (exact) mass is 420 g/mol. The van der Waals surface area contributed by atoms with Gasteiger partial charge in [-0.15, -0.1) is 0 Å². The molecule has 7 nitrogen and oxygen atoms in total. The third-order valence-corrected chi connectivity index (χ3v) is 5.67. The average molecular weight is 420 g/mol. The molecule has 0 bridgehead atoms. The highest BCUT2D eigenvalue weighted by Crippen LogP contribution is 2.32. The zero-order valence-corrected chi connectivity index (χ0v) is 15.2. The molecule has 1 aromatic carbocycles. The van der Waals surface area contributed by atoms with E-state index in [1.54, 1.807) is 6.92 Å². The molecule has 0 spiro atoms. The lowest BCUT2D eigenvalue weighted by Gasteiger charge is -2.07. The predicted molar refractivity (Wildman–Crippen MR) is 88.9 cm³/mol. The molecule has 0 fully saturated rings. The maximum Gasteiger partial charge on any atom is 0.475 e. The van der Waals surface area contributed by atoms with E-state index in [4.69, 9.17) is 4.42 Å². The number of oxazole rings is 1. The Balaban J connectivity index is 2.16. The highest BCUT2D eigenvalue weighted by Gasteiger charge is 2.38. The fraction of sp³-hybridized carbons (Fsp3) is 0.200. The van der Waals surface area contributed by atoms with Crippen molar-refractivity contribution in [3.63, 3.8) is 0 Å². The van der Waals surface area contributed by atoms with Crippen molar-refractivity contribution >= 4 is 32.0 Å². The van der Waals surface area contributed by atoms with Crippen LogP contribution >= 0.6 is 0 Å². The Kier molecular flexibility index (Phi) is 4.82. The Bertz CT molecular complexity index is 1160. The number of benzene rings is 1. The maximum absolute atomic E-state index is 12.6. The Morgan fingerprint density at radius 2 is 1.96 bits per heavy atom. The number of alkyl halides is 3. The molecule has 12 heteroatoms. The van der Waals surface area contributed by atoms with Crippen molar-refractivity contribution < 1.29 is 34.8 Å². The van der Waals surface area contributed by atoms with E-state index in [1.165, 1.54) is 6.07 Å². The Hall–Kier alpha value is -2.31. The van der Waals surface area contributed by atoms with Gasteiger partial charge in [0.05, 0.1) is 4.90 Å². The quantitative estimate of drug-likeness (QED) is 0.645. The van der Waals surface area contributed by atoms with Gasteiger partial charge in [-0.3, -0.25) is 9.54 Å². The van der Waals surface area contributed by atoms with E-state index < -0.39 is 31.3 Å². The van der Waals surface area contributed by atoms with Crippen molar-refractivity contribution in [2.45, 2.75) is 28.6 Å². The number of nitrogens with zero attached hydrogens (tertiary/aromatic N) is 2. The predicted octanol–water partition coefficient (Wildman–Crippen LogP) is 3.33. The summed E-state index contributed by atoms with van der Waals surface area (Å²) >= 11 is 0. The molecule has 0 radical (unpaired) electrons. The zero-order valence-electron chi connectivity index (χ0n) is 13.5. The van der Waals surface area contributed by atoms with Crippen molar-refractivity contribution in [3.8, 4) is 11.6 Å². The standard InChI is InChI=1S/C15H11F3N2O5S2/c1-2-9-12(27(22,23)24)5-6-19-13(9)14-20-10-7-8(3-4-11(10)25-14)26(21)15(16,17)18/h3-7H,2H2,1H3,(H,22,23,24). The first-order chi connectivity index (χ1) is 12.5. The van der Waals surface area contributed by atoms with Crippen LogP contribution in [-0.4, -0.2) is 32.7 Å². The first kappa shape index (κ1) is 19.5.